The van der Waals surface area contributed by atoms with Gasteiger partial charge in [-0.2, -0.15) is 0 Å². The quantitative estimate of drug-likeness (QED) is 0.812. The van der Waals surface area contributed by atoms with E-state index in [0.29, 0.717) is 11.8 Å². The number of hydrogen-bond acceptors (Lipinski definition) is 2. The molecule has 0 unspecified atom stereocenters. The van der Waals surface area contributed by atoms with Crippen molar-refractivity contribution in [3.63, 3.8) is 0 Å². The number of fused-ring (bicyclic) bond motifs is 1. The van der Waals surface area contributed by atoms with E-state index in [0.717, 1.165) is 30.9 Å². The van der Waals surface area contributed by atoms with E-state index >= 15 is 0 Å². The molecule has 110 valence electrons. The van der Waals surface area contributed by atoms with Gasteiger partial charge in [0.25, 0.3) is 0 Å². The van der Waals surface area contributed by atoms with E-state index in [-0.39, 0.29) is 0 Å². The van der Waals surface area contributed by atoms with Gasteiger partial charge in [0.2, 0.25) is 0 Å². The Kier molecular flexibility index (Phi) is 4.87. The highest BCUT2D eigenvalue weighted by Crippen LogP contribution is 2.33. The maximum atomic E-state index is 6.20. The molecular weight excluding hydrogens is 246 g/mol. The summed E-state index contributed by atoms with van der Waals surface area (Å²) >= 11 is 0. The summed E-state index contributed by atoms with van der Waals surface area (Å²) in [5.74, 6) is 2.25. The summed E-state index contributed by atoms with van der Waals surface area (Å²) in [7, 11) is 0. The molecule has 0 aliphatic rings. The molecule has 0 amide bonds. The predicted molar refractivity (Wildman–Crippen MR) is 86.2 cm³/mol. The van der Waals surface area contributed by atoms with Crippen molar-refractivity contribution in [3.05, 3.63) is 35.1 Å². The SMILES string of the molecule is CCc1cccc2c(C(C)C)c(CNCC(C)C)oc12. The van der Waals surface area contributed by atoms with Gasteiger partial charge in [-0.15, -0.1) is 0 Å². The van der Waals surface area contributed by atoms with Gasteiger partial charge in [-0.1, -0.05) is 52.8 Å². The van der Waals surface area contributed by atoms with Gasteiger partial charge in [0.05, 0.1) is 6.54 Å². The summed E-state index contributed by atoms with van der Waals surface area (Å²) in [5, 5.41) is 4.79. The highest BCUT2D eigenvalue weighted by Gasteiger charge is 2.18. The van der Waals surface area contributed by atoms with Crippen LogP contribution in [0.3, 0.4) is 0 Å². The Labute approximate surface area is 122 Å². The van der Waals surface area contributed by atoms with Gasteiger partial charge in [0.15, 0.2) is 0 Å². The lowest BCUT2D eigenvalue weighted by Gasteiger charge is -2.09. The van der Waals surface area contributed by atoms with Crippen LogP contribution >= 0.6 is 0 Å². The molecule has 0 spiro atoms. The van der Waals surface area contributed by atoms with Crippen LogP contribution in [-0.2, 0) is 13.0 Å². The van der Waals surface area contributed by atoms with Crippen molar-refractivity contribution in [1.29, 1.82) is 0 Å². The summed E-state index contributed by atoms with van der Waals surface area (Å²) in [6.45, 7) is 13.0. The topological polar surface area (TPSA) is 25.2 Å². The van der Waals surface area contributed by atoms with Crippen molar-refractivity contribution < 1.29 is 4.42 Å². The lowest BCUT2D eigenvalue weighted by molar-refractivity contribution is 0.477. The van der Waals surface area contributed by atoms with Crippen LogP contribution in [0.25, 0.3) is 11.0 Å². The molecule has 1 aromatic carbocycles. The Morgan fingerprint density at radius 1 is 1.15 bits per heavy atom. The summed E-state index contributed by atoms with van der Waals surface area (Å²) in [4.78, 5) is 0. The van der Waals surface area contributed by atoms with Gasteiger partial charge in [-0.05, 0) is 30.4 Å². The third kappa shape index (κ3) is 3.06. The van der Waals surface area contributed by atoms with Crippen molar-refractivity contribution in [2.75, 3.05) is 6.54 Å². The maximum absolute atomic E-state index is 6.20. The molecule has 0 aliphatic carbocycles. The normalized spacial score (nSPS) is 11.9. The lowest BCUT2D eigenvalue weighted by Crippen LogP contribution is -2.19. The minimum absolute atomic E-state index is 0.485. The monoisotopic (exact) mass is 273 g/mol. The second kappa shape index (κ2) is 6.45. The van der Waals surface area contributed by atoms with Crippen LogP contribution in [0.1, 0.15) is 57.4 Å². The molecule has 0 atom stereocenters. The number of rotatable bonds is 6. The smallest absolute Gasteiger partial charge is 0.137 e. The average molecular weight is 273 g/mol. The first-order valence-corrected chi connectivity index (χ1v) is 7.78. The van der Waals surface area contributed by atoms with Crippen LogP contribution in [-0.4, -0.2) is 6.54 Å². The van der Waals surface area contributed by atoms with Crippen molar-refractivity contribution in [2.24, 2.45) is 5.92 Å². The number of benzene rings is 1. The average Bonchev–Trinajstić information content (AvgIpc) is 2.76. The first kappa shape index (κ1) is 15.1. The molecule has 2 nitrogen and oxygen atoms in total. The third-order valence-corrected chi connectivity index (χ3v) is 3.71. The maximum Gasteiger partial charge on any atom is 0.137 e. The zero-order chi connectivity index (χ0) is 14.7. The van der Waals surface area contributed by atoms with Gasteiger partial charge in [-0.3, -0.25) is 0 Å². The number of hydrogen-bond donors (Lipinski definition) is 1. The summed E-state index contributed by atoms with van der Waals surface area (Å²) in [6, 6.07) is 6.51. The fraction of sp³-hybridized carbons (Fsp3) is 0.556. The molecule has 0 bridgehead atoms. The van der Waals surface area contributed by atoms with Crippen LogP contribution < -0.4 is 5.32 Å². The number of aryl methyl sites for hydroxylation is 1. The van der Waals surface area contributed by atoms with Crippen LogP contribution in [0.15, 0.2) is 22.6 Å². The van der Waals surface area contributed by atoms with E-state index in [9.17, 15) is 0 Å². The van der Waals surface area contributed by atoms with Crippen molar-refractivity contribution in [2.45, 2.75) is 53.5 Å². The molecule has 1 aromatic heterocycles. The molecule has 20 heavy (non-hydrogen) atoms. The predicted octanol–water partition coefficient (Wildman–Crippen LogP) is 4.86. The van der Waals surface area contributed by atoms with Crippen LogP contribution in [0.4, 0.5) is 0 Å². The Bertz CT molecular complexity index is 566. The second-order valence-corrected chi connectivity index (χ2v) is 6.27. The van der Waals surface area contributed by atoms with Crippen molar-refractivity contribution >= 4 is 11.0 Å². The standard InChI is InChI=1S/C18H27NO/c1-6-14-8-7-9-15-17(13(4)5)16(20-18(14)15)11-19-10-12(2)3/h7-9,12-13,19H,6,10-11H2,1-5H3. The fourth-order valence-corrected chi connectivity index (χ4v) is 2.76. The Morgan fingerprint density at radius 2 is 1.90 bits per heavy atom. The van der Waals surface area contributed by atoms with Crippen LogP contribution in [0.2, 0.25) is 0 Å². The Morgan fingerprint density at radius 3 is 2.50 bits per heavy atom. The molecule has 2 aromatic rings. The van der Waals surface area contributed by atoms with Crippen molar-refractivity contribution in [3.8, 4) is 0 Å². The highest BCUT2D eigenvalue weighted by atomic mass is 16.3. The molecule has 2 heteroatoms. The fourth-order valence-electron chi connectivity index (χ4n) is 2.76. The minimum atomic E-state index is 0.485. The Hall–Kier alpha value is -1.28. The zero-order valence-electron chi connectivity index (χ0n) is 13.4. The van der Waals surface area contributed by atoms with Gasteiger partial charge >= 0.3 is 0 Å². The van der Waals surface area contributed by atoms with E-state index in [1.807, 2.05) is 0 Å². The lowest BCUT2D eigenvalue weighted by atomic mass is 9.98. The molecule has 0 aliphatic heterocycles. The first-order chi connectivity index (χ1) is 9.54. The van der Waals surface area contributed by atoms with E-state index in [4.69, 9.17) is 4.42 Å². The molecule has 2 rings (SSSR count). The number of nitrogens with one attached hydrogen (secondary N) is 1. The third-order valence-electron chi connectivity index (χ3n) is 3.71. The van der Waals surface area contributed by atoms with Crippen molar-refractivity contribution in [1.82, 2.24) is 5.32 Å². The highest BCUT2D eigenvalue weighted by molar-refractivity contribution is 5.85. The van der Waals surface area contributed by atoms with Gasteiger partial charge < -0.3 is 9.73 Å². The minimum Gasteiger partial charge on any atom is -0.459 e. The van der Waals surface area contributed by atoms with E-state index in [1.54, 1.807) is 0 Å². The molecular formula is C18H27NO. The summed E-state index contributed by atoms with van der Waals surface area (Å²) in [6.07, 6.45) is 1.02. The van der Waals surface area contributed by atoms with Gasteiger partial charge in [0, 0.05) is 10.9 Å². The number of furan rings is 1. The zero-order valence-corrected chi connectivity index (χ0v) is 13.4. The van der Waals surface area contributed by atoms with Crippen LogP contribution in [0, 0.1) is 5.92 Å². The van der Waals surface area contributed by atoms with Gasteiger partial charge in [0.1, 0.15) is 11.3 Å². The molecule has 1 heterocycles. The molecule has 0 saturated carbocycles. The first-order valence-electron chi connectivity index (χ1n) is 7.78. The van der Waals surface area contributed by atoms with Crippen LogP contribution in [0.5, 0.6) is 0 Å². The summed E-state index contributed by atoms with van der Waals surface area (Å²) in [5.41, 5.74) is 3.76. The molecule has 0 radical (unpaired) electrons. The van der Waals surface area contributed by atoms with E-state index < -0.39 is 0 Å². The van der Waals surface area contributed by atoms with Gasteiger partial charge in [-0.25, -0.2) is 0 Å². The summed E-state index contributed by atoms with van der Waals surface area (Å²) < 4.78 is 6.20. The largest absolute Gasteiger partial charge is 0.459 e. The molecule has 1 N–H and O–H groups in total. The van der Waals surface area contributed by atoms with E-state index in [2.05, 4.69) is 58.1 Å². The second-order valence-electron chi connectivity index (χ2n) is 6.27. The van der Waals surface area contributed by atoms with E-state index in [1.165, 1.54) is 16.5 Å². The number of para-hydroxylation sites is 1. The molecule has 0 saturated heterocycles. The molecule has 0 fully saturated rings. The Balaban J connectivity index is 2.39.